The van der Waals surface area contributed by atoms with Crippen LogP contribution in [0.5, 0.6) is 0 Å². The van der Waals surface area contributed by atoms with E-state index < -0.39 is 21.7 Å². The van der Waals surface area contributed by atoms with Crippen molar-refractivity contribution in [1.82, 2.24) is 4.72 Å². The van der Waals surface area contributed by atoms with Gasteiger partial charge in [0.05, 0.1) is 25.6 Å². The normalized spacial score (nSPS) is 11.3. The predicted molar refractivity (Wildman–Crippen MR) is 75.0 cm³/mol. The number of carbonyl (C=O) groups excluding carboxylic acids is 1. The molecule has 0 spiro atoms. The Bertz CT molecular complexity index is 561. The third kappa shape index (κ3) is 7.16. The molecule has 0 saturated carbocycles. The second-order valence-electron chi connectivity index (χ2n) is 4.07. The fourth-order valence-electron chi connectivity index (χ4n) is 1.41. The van der Waals surface area contributed by atoms with Gasteiger partial charge in [-0.05, 0) is 25.1 Å². The van der Waals surface area contributed by atoms with E-state index in [4.69, 9.17) is 9.47 Å². The molecule has 1 N–H and O–H groups in total. The zero-order valence-corrected chi connectivity index (χ0v) is 12.5. The highest BCUT2D eigenvalue weighted by Crippen LogP contribution is 2.04. The number of hydrogen-bond acceptors (Lipinski definition) is 5. The maximum absolute atomic E-state index is 12.9. The Morgan fingerprint density at radius 1 is 1.24 bits per heavy atom. The van der Waals surface area contributed by atoms with Crippen LogP contribution in [0, 0.1) is 5.82 Å². The predicted octanol–water partition coefficient (Wildman–Crippen LogP) is 0.938. The van der Waals surface area contributed by atoms with Gasteiger partial charge in [-0.15, -0.1) is 0 Å². The lowest BCUT2D eigenvalue weighted by Crippen LogP contribution is -2.34. The van der Waals surface area contributed by atoms with Gasteiger partial charge in [-0.1, -0.05) is 6.07 Å². The van der Waals surface area contributed by atoms with Crippen LogP contribution >= 0.6 is 0 Å². The Labute approximate surface area is 123 Å². The molecule has 0 radical (unpaired) electrons. The molecule has 0 unspecified atom stereocenters. The van der Waals surface area contributed by atoms with E-state index in [0.29, 0.717) is 13.2 Å². The summed E-state index contributed by atoms with van der Waals surface area (Å²) in [6.07, 6.45) is 0. The zero-order valence-electron chi connectivity index (χ0n) is 11.7. The van der Waals surface area contributed by atoms with Crippen LogP contribution in [-0.2, 0) is 19.5 Å². The highest BCUT2D eigenvalue weighted by Gasteiger charge is 2.16. The fraction of sp³-hybridized carbons (Fsp3) is 0.462. The summed E-state index contributed by atoms with van der Waals surface area (Å²) in [6.45, 7) is 3.00. The van der Waals surface area contributed by atoms with E-state index in [9.17, 15) is 17.6 Å². The molecule has 0 bridgehead atoms. The van der Waals surface area contributed by atoms with Crippen molar-refractivity contribution in [2.75, 3.05) is 32.2 Å². The molecule has 0 heterocycles. The van der Waals surface area contributed by atoms with Gasteiger partial charge in [0.2, 0.25) is 10.0 Å². The quantitative estimate of drug-likeness (QED) is 0.685. The van der Waals surface area contributed by atoms with Crippen molar-refractivity contribution in [2.24, 2.45) is 0 Å². The third-order valence-corrected chi connectivity index (χ3v) is 3.61. The lowest BCUT2D eigenvalue weighted by atomic mass is 10.2. The molecule has 0 atom stereocenters. The van der Waals surface area contributed by atoms with Crippen molar-refractivity contribution >= 4 is 15.9 Å². The highest BCUT2D eigenvalue weighted by molar-refractivity contribution is 7.90. The van der Waals surface area contributed by atoms with Gasteiger partial charge in [-0.25, -0.2) is 17.5 Å². The number of hydrogen-bond donors (Lipinski definition) is 1. The van der Waals surface area contributed by atoms with Crippen LogP contribution in [0.25, 0.3) is 0 Å². The van der Waals surface area contributed by atoms with Crippen molar-refractivity contribution in [3.05, 3.63) is 35.6 Å². The average Bonchev–Trinajstić information content (AvgIpc) is 2.42. The average molecular weight is 319 g/mol. The summed E-state index contributed by atoms with van der Waals surface area (Å²) < 4.78 is 48.2. The molecule has 1 aromatic carbocycles. The first-order chi connectivity index (χ1) is 9.94. The number of ether oxygens (including phenoxy) is 2. The van der Waals surface area contributed by atoms with Crippen LogP contribution in [-0.4, -0.2) is 46.5 Å². The molecule has 0 fully saturated rings. The van der Waals surface area contributed by atoms with Gasteiger partial charge in [0, 0.05) is 12.2 Å². The van der Waals surface area contributed by atoms with Gasteiger partial charge in [0.15, 0.2) is 0 Å². The number of halogens is 1. The summed E-state index contributed by atoms with van der Waals surface area (Å²) in [5.41, 5.74) is -0.0594. The molecule has 1 amide bonds. The summed E-state index contributed by atoms with van der Waals surface area (Å²) in [5.74, 6) is -1.84. The molecule has 118 valence electrons. The molecule has 6 nitrogen and oxygen atoms in total. The number of sulfonamides is 1. The summed E-state index contributed by atoms with van der Waals surface area (Å²) in [4.78, 5) is 11.7. The first-order valence-electron chi connectivity index (χ1n) is 6.40. The number of nitrogens with one attached hydrogen (secondary N) is 1. The molecule has 0 aliphatic carbocycles. The van der Waals surface area contributed by atoms with E-state index >= 15 is 0 Å². The number of carbonyl (C=O) groups is 1. The lowest BCUT2D eigenvalue weighted by molar-refractivity contribution is 0.0590. The molecule has 21 heavy (non-hydrogen) atoms. The number of rotatable bonds is 9. The maximum atomic E-state index is 12.9. The van der Waals surface area contributed by atoms with Crippen LogP contribution in [0.2, 0.25) is 0 Å². The second-order valence-corrected chi connectivity index (χ2v) is 5.91. The van der Waals surface area contributed by atoms with Gasteiger partial charge in [0.1, 0.15) is 5.82 Å². The van der Waals surface area contributed by atoms with Crippen molar-refractivity contribution in [1.29, 1.82) is 0 Å². The summed E-state index contributed by atoms with van der Waals surface area (Å²) in [5, 5.41) is 0. The van der Waals surface area contributed by atoms with Crippen molar-refractivity contribution in [3.8, 4) is 0 Å². The topological polar surface area (TPSA) is 81.7 Å². The first kappa shape index (κ1) is 17.5. The minimum absolute atomic E-state index is 0.0567. The van der Waals surface area contributed by atoms with Crippen LogP contribution in [0.15, 0.2) is 24.3 Å². The van der Waals surface area contributed by atoms with Gasteiger partial charge in [-0.2, -0.15) is 0 Å². The minimum atomic E-state index is -3.82. The summed E-state index contributed by atoms with van der Waals surface area (Å²) in [7, 11) is -3.82. The molecule has 0 saturated heterocycles. The Morgan fingerprint density at radius 2 is 1.95 bits per heavy atom. The largest absolute Gasteiger partial charge is 0.379 e. The van der Waals surface area contributed by atoms with Crippen molar-refractivity contribution < 1.29 is 27.1 Å². The number of benzene rings is 1. The van der Waals surface area contributed by atoms with E-state index in [0.717, 1.165) is 12.1 Å². The zero-order chi connectivity index (χ0) is 15.7. The standard InChI is InChI=1S/C13H18FNO5S/c1-2-19-6-7-20-8-9-21(17,18)15-13(16)11-4-3-5-12(14)10-11/h3-5,10H,2,6-9H2,1H3,(H,15,16). The van der Waals surface area contributed by atoms with Gasteiger partial charge in [0.25, 0.3) is 5.91 Å². The van der Waals surface area contributed by atoms with Crippen LogP contribution in [0.4, 0.5) is 4.39 Å². The van der Waals surface area contributed by atoms with Gasteiger partial charge < -0.3 is 9.47 Å². The Hall–Kier alpha value is -1.51. The summed E-state index contributed by atoms with van der Waals surface area (Å²) in [6, 6.07) is 4.78. The second kappa shape index (κ2) is 8.71. The van der Waals surface area contributed by atoms with E-state index in [-0.39, 0.29) is 24.5 Å². The van der Waals surface area contributed by atoms with E-state index in [2.05, 4.69) is 0 Å². The Morgan fingerprint density at radius 3 is 2.62 bits per heavy atom. The number of amides is 1. The molecular weight excluding hydrogens is 301 g/mol. The maximum Gasteiger partial charge on any atom is 0.264 e. The molecule has 1 rings (SSSR count). The van der Waals surface area contributed by atoms with Gasteiger partial charge in [-0.3, -0.25) is 4.79 Å². The molecular formula is C13H18FNO5S. The SMILES string of the molecule is CCOCCOCCS(=O)(=O)NC(=O)c1cccc(F)c1. The van der Waals surface area contributed by atoms with E-state index in [1.807, 2.05) is 11.6 Å². The van der Waals surface area contributed by atoms with Crippen molar-refractivity contribution in [3.63, 3.8) is 0 Å². The van der Waals surface area contributed by atoms with Crippen molar-refractivity contribution in [2.45, 2.75) is 6.92 Å². The minimum Gasteiger partial charge on any atom is -0.379 e. The molecule has 0 aliphatic rings. The van der Waals surface area contributed by atoms with E-state index in [1.165, 1.54) is 12.1 Å². The molecule has 0 aliphatic heterocycles. The Kier molecular flexibility index (Phi) is 7.27. The Balaban J connectivity index is 2.40. The van der Waals surface area contributed by atoms with Crippen LogP contribution in [0.3, 0.4) is 0 Å². The molecule has 1 aromatic rings. The van der Waals surface area contributed by atoms with Gasteiger partial charge >= 0.3 is 0 Å². The molecule has 8 heteroatoms. The van der Waals surface area contributed by atoms with Crippen LogP contribution < -0.4 is 4.72 Å². The van der Waals surface area contributed by atoms with Crippen LogP contribution in [0.1, 0.15) is 17.3 Å². The smallest absolute Gasteiger partial charge is 0.264 e. The van der Waals surface area contributed by atoms with E-state index in [1.54, 1.807) is 0 Å². The molecule has 0 aromatic heterocycles. The third-order valence-electron chi connectivity index (χ3n) is 2.41. The highest BCUT2D eigenvalue weighted by atomic mass is 32.2. The summed E-state index contributed by atoms with van der Waals surface area (Å²) >= 11 is 0. The fourth-order valence-corrected chi connectivity index (χ4v) is 2.25. The lowest BCUT2D eigenvalue weighted by Gasteiger charge is -2.08. The first-order valence-corrected chi connectivity index (χ1v) is 8.05. The monoisotopic (exact) mass is 319 g/mol.